The van der Waals surface area contributed by atoms with Crippen LogP contribution in [0.4, 0.5) is 0 Å². The first-order chi connectivity index (χ1) is 10.4. The molecule has 0 radical (unpaired) electrons. The summed E-state index contributed by atoms with van der Waals surface area (Å²) >= 11 is 0. The third-order valence-electron chi connectivity index (χ3n) is 2.50. The minimum atomic E-state index is -0.501. The molecule has 22 heavy (non-hydrogen) atoms. The number of rotatable bonds is 8. The van der Waals surface area contributed by atoms with Crippen LogP contribution in [0.25, 0.3) is 0 Å². The minimum Gasteiger partial charge on any atom is -0.460 e. The Labute approximate surface area is 135 Å². The molecular weight excluding hydrogens is 284 g/mol. The lowest BCUT2D eigenvalue weighted by molar-refractivity contribution is -0.138. The Kier molecular flexibility index (Phi) is 25.0. The molecule has 0 aromatic carbocycles. The minimum absolute atomic E-state index is 0.0465. The van der Waals surface area contributed by atoms with Crippen molar-refractivity contribution in [2.45, 2.75) is 53.4 Å². The van der Waals surface area contributed by atoms with Crippen LogP contribution in [-0.4, -0.2) is 30.3 Å². The van der Waals surface area contributed by atoms with Crippen molar-refractivity contribution in [3.63, 3.8) is 0 Å². The van der Waals surface area contributed by atoms with E-state index in [1.54, 1.807) is 0 Å². The molecule has 0 aliphatic carbocycles. The molecule has 0 rings (SSSR count). The fraction of sp³-hybridized carbons (Fsp3) is 0.647. The van der Waals surface area contributed by atoms with Crippen LogP contribution in [0.1, 0.15) is 53.4 Å². The Balaban J connectivity index is -0.000000249. The molecule has 0 fully saturated rings. The van der Waals surface area contributed by atoms with E-state index in [1.807, 2.05) is 0 Å². The maximum atomic E-state index is 10.1. The molecule has 5 nitrogen and oxygen atoms in total. The largest absolute Gasteiger partial charge is 0.460 e. The third-order valence-corrected chi connectivity index (χ3v) is 2.50. The fourth-order valence-electron chi connectivity index (χ4n) is 1.08. The number of aliphatic hydroxyl groups is 1. The Morgan fingerprint density at radius 1 is 1.27 bits per heavy atom. The Bertz CT molecular complexity index is 287. The van der Waals surface area contributed by atoms with E-state index in [1.165, 1.54) is 32.6 Å². The predicted octanol–water partition coefficient (Wildman–Crippen LogP) is 3.62. The van der Waals surface area contributed by atoms with E-state index >= 15 is 0 Å². The molecule has 0 aromatic rings. The second kappa shape index (κ2) is 21.7. The van der Waals surface area contributed by atoms with Gasteiger partial charge in [0.25, 0.3) is 0 Å². The average Bonchev–Trinajstić information content (AvgIpc) is 2.51. The number of ether oxygens (including phenoxy) is 2. The number of unbranched alkanes of at least 4 members (excludes halogenated alkanes) is 1. The lowest BCUT2D eigenvalue weighted by Gasteiger charge is -2.04. The summed E-state index contributed by atoms with van der Waals surface area (Å²) in [5, 5.41) is 8.10. The Morgan fingerprint density at radius 3 is 2.14 bits per heavy atom. The second-order valence-corrected chi connectivity index (χ2v) is 4.53. The van der Waals surface area contributed by atoms with Crippen LogP contribution in [0.15, 0.2) is 25.5 Å². The van der Waals surface area contributed by atoms with Gasteiger partial charge in [0.1, 0.15) is 6.61 Å². The van der Waals surface area contributed by atoms with E-state index in [9.17, 15) is 9.59 Å². The van der Waals surface area contributed by atoms with E-state index in [4.69, 9.17) is 5.11 Å². The van der Waals surface area contributed by atoms with Crippen LogP contribution in [0.3, 0.4) is 0 Å². The first kappa shape index (κ1) is 25.3. The average molecular weight is 316 g/mol. The third kappa shape index (κ3) is 31.0. The summed E-state index contributed by atoms with van der Waals surface area (Å²) in [7, 11) is 0. The van der Waals surface area contributed by atoms with E-state index < -0.39 is 5.97 Å². The lowest BCUT2D eigenvalue weighted by atomic mass is 10.0. The highest BCUT2D eigenvalue weighted by Crippen LogP contribution is 2.09. The molecule has 0 aliphatic heterocycles. The van der Waals surface area contributed by atoms with Crippen molar-refractivity contribution in [2.75, 3.05) is 13.2 Å². The standard InChI is InChI=1S/C8H18.C5H8O3.C4H6O2/c1-4-6-7-8(3)5-2;1-2-5(7)8-4-3-6;1-3-6-4(2)5/h8H,4-7H2,1-3H3;2,6H,1,3-4H2;3H,1H2,2H3. The van der Waals surface area contributed by atoms with E-state index in [-0.39, 0.29) is 19.2 Å². The molecule has 1 unspecified atom stereocenters. The van der Waals surface area contributed by atoms with Gasteiger partial charge in [-0.1, -0.05) is 59.6 Å². The molecule has 5 heteroatoms. The highest BCUT2D eigenvalue weighted by atomic mass is 16.5. The van der Waals surface area contributed by atoms with Gasteiger partial charge in [-0.2, -0.15) is 0 Å². The van der Waals surface area contributed by atoms with E-state index in [2.05, 4.69) is 43.4 Å². The van der Waals surface area contributed by atoms with Gasteiger partial charge < -0.3 is 14.6 Å². The van der Waals surface area contributed by atoms with Crippen LogP contribution in [-0.2, 0) is 19.1 Å². The molecule has 0 aromatic heterocycles. The highest BCUT2D eigenvalue weighted by molar-refractivity contribution is 5.81. The molecule has 0 spiro atoms. The van der Waals surface area contributed by atoms with Crippen molar-refractivity contribution in [1.82, 2.24) is 0 Å². The maximum absolute atomic E-state index is 10.1. The van der Waals surface area contributed by atoms with E-state index in [0.29, 0.717) is 0 Å². The molecule has 130 valence electrons. The number of hydrogen-bond acceptors (Lipinski definition) is 5. The highest BCUT2D eigenvalue weighted by Gasteiger charge is 1.94. The second-order valence-electron chi connectivity index (χ2n) is 4.53. The van der Waals surface area contributed by atoms with Crippen LogP contribution < -0.4 is 0 Å². The molecule has 1 N–H and O–H groups in total. The number of hydrogen-bond donors (Lipinski definition) is 1. The summed E-state index contributed by atoms with van der Waals surface area (Å²) in [4.78, 5) is 19.9. The lowest BCUT2D eigenvalue weighted by Crippen LogP contribution is -2.04. The normalized spacial score (nSPS) is 9.86. The zero-order valence-corrected chi connectivity index (χ0v) is 14.5. The van der Waals surface area contributed by atoms with Crippen LogP contribution >= 0.6 is 0 Å². The summed E-state index contributed by atoms with van der Waals surface area (Å²) < 4.78 is 8.50. The SMILES string of the molecule is C=CC(=O)OCCO.C=COC(C)=O.CCCCC(C)CC. The van der Waals surface area contributed by atoms with Crippen molar-refractivity contribution in [3.8, 4) is 0 Å². The Morgan fingerprint density at radius 2 is 1.86 bits per heavy atom. The molecule has 0 bridgehead atoms. The van der Waals surface area contributed by atoms with Crippen molar-refractivity contribution in [3.05, 3.63) is 25.5 Å². The first-order valence-corrected chi connectivity index (χ1v) is 7.57. The van der Waals surface area contributed by atoms with Gasteiger partial charge in [-0.3, -0.25) is 4.79 Å². The maximum Gasteiger partial charge on any atom is 0.330 e. The van der Waals surface area contributed by atoms with E-state index in [0.717, 1.165) is 18.3 Å². The van der Waals surface area contributed by atoms with Crippen molar-refractivity contribution in [2.24, 2.45) is 5.92 Å². The summed E-state index contributed by atoms with van der Waals surface area (Å²) in [5.74, 6) is 0.124. The molecule has 0 heterocycles. The summed E-state index contributed by atoms with van der Waals surface area (Å²) in [6.07, 6.45) is 7.68. The van der Waals surface area contributed by atoms with Crippen molar-refractivity contribution in [1.29, 1.82) is 0 Å². The van der Waals surface area contributed by atoms with Crippen molar-refractivity contribution >= 4 is 11.9 Å². The molecule has 0 saturated heterocycles. The molecule has 0 amide bonds. The topological polar surface area (TPSA) is 72.8 Å². The van der Waals surface area contributed by atoms with Crippen LogP contribution in [0.2, 0.25) is 0 Å². The summed E-state index contributed by atoms with van der Waals surface area (Å²) in [5.41, 5.74) is 0. The van der Waals surface area contributed by atoms with Gasteiger partial charge in [-0.05, 0) is 5.92 Å². The molecule has 1 atom stereocenters. The molecular formula is C17H32O5. The zero-order chi connectivity index (χ0) is 17.8. The van der Waals surface area contributed by atoms with Crippen LogP contribution in [0.5, 0.6) is 0 Å². The van der Waals surface area contributed by atoms with Gasteiger partial charge in [0, 0.05) is 13.0 Å². The van der Waals surface area contributed by atoms with Gasteiger partial charge in [0.05, 0.1) is 12.9 Å². The molecule has 0 aliphatic rings. The zero-order valence-electron chi connectivity index (χ0n) is 14.5. The monoisotopic (exact) mass is 316 g/mol. The number of carbonyl (C=O) groups excluding carboxylic acids is 2. The Hall–Kier alpha value is -1.62. The summed E-state index contributed by atoms with van der Waals surface area (Å²) in [6.45, 7) is 14.4. The summed E-state index contributed by atoms with van der Waals surface area (Å²) in [6, 6.07) is 0. The van der Waals surface area contributed by atoms with Crippen molar-refractivity contribution < 1.29 is 24.2 Å². The number of esters is 2. The quantitative estimate of drug-likeness (QED) is 0.420. The van der Waals surface area contributed by atoms with Gasteiger partial charge >= 0.3 is 11.9 Å². The molecule has 0 saturated carbocycles. The van der Waals surface area contributed by atoms with Gasteiger partial charge in [0.2, 0.25) is 0 Å². The first-order valence-electron chi connectivity index (χ1n) is 7.57. The van der Waals surface area contributed by atoms with Gasteiger partial charge in [0.15, 0.2) is 0 Å². The smallest absolute Gasteiger partial charge is 0.330 e. The van der Waals surface area contributed by atoms with Gasteiger partial charge in [-0.25, -0.2) is 4.79 Å². The predicted molar refractivity (Wildman–Crippen MR) is 89.2 cm³/mol. The van der Waals surface area contributed by atoms with Crippen LogP contribution in [0, 0.1) is 5.92 Å². The number of aliphatic hydroxyl groups excluding tert-OH is 1. The fourth-order valence-corrected chi connectivity index (χ4v) is 1.08. The number of carbonyl (C=O) groups is 2. The van der Waals surface area contributed by atoms with Gasteiger partial charge in [-0.15, -0.1) is 0 Å².